The second-order valence-electron chi connectivity index (χ2n) is 4.64. The molecule has 3 rings (SSSR count). The molecule has 0 spiro atoms. The highest BCUT2D eigenvalue weighted by molar-refractivity contribution is 7.79. The molecule has 0 saturated carbocycles. The molecule has 106 valence electrons. The van der Waals surface area contributed by atoms with Gasteiger partial charge in [-0.3, -0.25) is 0 Å². The molecule has 0 aliphatic heterocycles. The van der Waals surface area contributed by atoms with Gasteiger partial charge in [0.25, 0.3) is 0 Å². The molecule has 0 atom stereocenters. The summed E-state index contributed by atoms with van der Waals surface area (Å²) in [5, 5.41) is 3.93. The van der Waals surface area contributed by atoms with E-state index in [2.05, 4.69) is 17.8 Å². The topological polar surface area (TPSA) is 35.3 Å². The maximum Gasteiger partial charge on any atom is 0.167 e. The van der Waals surface area contributed by atoms with Gasteiger partial charge in [0.15, 0.2) is 5.76 Å². The minimum absolute atomic E-state index is 0.562. The van der Waals surface area contributed by atoms with Crippen LogP contribution in [-0.4, -0.2) is 5.16 Å². The summed E-state index contributed by atoms with van der Waals surface area (Å²) in [6, 6.07) is 19.8. The predicted molar refractivity (Wildman–Crippen MR) is 85.4 cm³/mol. The summed E-state index contributed by atoms with van der Waals surface area (Å²) in [7, 11) is 0. The normalized spacial score (nSPS) is 10.5. The molecule has 1 aromatic heterocycles. The first kappa shape index (κ1) is 13.8. The van der Waals surface area contributed by atoms with Gasteiger partial charge in [-0.2, -0.15) is 12.6 Å². The molecule has 0 bridgehead atoms. The van der Waals surface area contributed by atoms with E-state index in [-0.39, 0.29) is 0 Å². The molecule has 2 aromatic carbocycles. The van der Waals surface area contributed by atoms with Gasteiger partial charge in [0.05, 0.1) is 5.69 Å². The van der Waals surface area contributed by atoms with Gasteiger partial charge in [-0.25, -0.2) is 0 Å². The maximum absolute atomic E-state index is 5.75. The second kappa shape index (κ2) is 6.50. The fourth-order valence-electron chi connectivity index (χ4n) is 1.98. The molecule has 0 unspecified atom stereocenters. The summed E-state index contributed by atoms with van der Waals surface area (Å²) in [4.78, 5) is 0. The fourth-order valence-corrected chi connectivity index (χ4v) is 2.13. The molecular weight excluding hydrogens is 282 g/mol. The number of rotatable bonds is 5. The molecule has 0 amide bonds. The van der Waals surface area contributed by atoms with Crippen molar-refractivity contribution in [3.05, 3.63) is 71.9 Å². The molecule has 0 aliphatic rings. The van der Waals surface area contributed by atoms with E-state index in [4.69, 9.17) is 9.26 Å². The van der Waals surface area contributed by atoms with E-state index >= 15 is 0 Å². The third kappa shape index (κ3) is 3.47. The standard InChI is InChI=1S/C17H15NO2S/c21-12-15-10-17(20-18-15)14-6-8-16(9-7-14)19-11-13-4-2-1-3-5-13/h1-10,21H,11-12H2. The van der Waals surface area contributed by atoms with E-state index in [1.807, 2.05) is 60.7 Å². The second-order valence-corrected chi connectivity index (χ2v) is 4.96. The number of benzene rings is 2. The number of thiol groups is 1. The average molecular weight is 297 g/mol. The molecule has 0 saturated heterocycles. The molecule has 0 fully saturated rings. The molecule has 3 nitrogen and oxygen atoms in total. The Kier molecular flexibility index (Phi) is 4.26. The van der Waals surface area contributed by atoms with Crippen LogP contribution in [0.15, 0.2) is 65.2 Å². The Hall–Kier alpha value is -2.20. The van der Waals surface area contributed by atoms with Gasteiger partial charge in [0.2, 0.25) is 0 Å². The minimum Gasteiger partial charge on any atom is -0.489 e. The van der Waals surface area contributed by atoms with Crippen molar-refractivity contribution in [3.8, 4) is 17.1 Å². The van der Waals surface area contributed by atoms with E-state index in [9.17, 15) is 0 Å². The van der Waals surface area contributed by atoms with E-state index in [1.165, 1.54) is 0 Å². The molecule has 0 N–H and O–H groups in total. The van der Waals surface area contributed by atoms with Crippen molar-refractivity contribution >= 4 is 12.6 Å². The van der Waals surface area contributed by atoms with Gasteiger partial charge in [-0.1, -0.05) is 35.5 Å². The third-order valence-corrected chi connectivity index (χ3v) is 3.43. The van der Waals surface area contributed by atoms with Crippen LogP contribution in [0.4, 0.5) is 0 Å². The highest BCUT2D eigenvalue weighted by Crippen LogP contribution is 2.24. The van der Waals surface area contributed by atoms with Gasteiger partial charge >= 0.3 is 0 Å². The lowest BCUT2D eigenvalue weighted by Gasteiger charge is -2.06. The van der Waals surface area contributed by atoms with Crippen LogP contribution < -0.4 is 4.74 Å². The smallest absolute Gasteiger partial charge is 0.167 e. The van der Waals surface area contributed by atoms with Crippen molar-refractivity contribution < 1.29 is 9.26 Å². The third-order valence-electron chi connectivity index (χ3n) is 3.11. The van der Waals surface area contributed by atoms with Gasteiger partial charge in [0.1, 0.15) is 12.4 Å². The van der Waals surface area contributed by atoms with Crippen LogP contribution in [0.25, 0.3) is 11.3 Å². The number of hydrogen-bond acceptors (Lipinski definition) is 4. The lowest BCUT2D eigenvalue weighted by molar-refractivity contribution is 0.306. The first-order chi connectivity index (χ1) is 10.3. The monoisotopic (exact) mass is 297 g/mol. The molecule has 3 aromatic rings. The van der Waals surface area contributed by atoms with E-state index in [1.54, 1.807) is 0 Å². The zero-order valence-corrected chi connectivity index (χ0v) is 12.3. The summed E-state index contributed by atoms with van der Waals surface area (Å²) in [6.45, 7) is 0.562. The van der Waals surface area contributed by atoms with Crippen molar-refractivity contribution in [1.82, 2.24) is 5.16 Å². The van der Waals surface area contributed by atoms with Crippen LogP contribution in [0, 0.1) is 0 Å². The average Bonchev–Trinajstić information content (AvgIpc) is 3.03. The van der Waals surface area contributed by atoms with Crippen LogP contribution >= 0.6 is 12.6 Å². The zero-order valence-electron chi connectivity index (χ0n) is 11.4. The van der Waals surface area contributed by atoms with Gasteiger partial charge in [-0.05, 0) is 29.8 Å². The SMILES string of the molecule is SCc1cc(-c2ccc(OCc3ccccc3)cc2)on1. The van der Waals surface area contributed by atoms with Crippen LogP contribution in [0.1, 0.15) is 11.3 Å². The summed E-state index contributed by atoms with van der Waals surface area (Å²) in [5.74, 6) is 2.15. The van der Waals surface area contributed by atoms with Crippen molar-refractivity contribution in [2.24, 2.45) is 0 Å². The Morgan fingerprint density at radius 2 is 1.76 bits per heavy atom. The number of aromatic nitrogens is 1. The predicted octanol–water partition coefficient (Wildman–Crippen LogP) is 4.35. The highest BCUT2D eigenvalue weighted by Gasteiger charge is 2.06. The molecular formula is C17H15NO2S. The van der Waals surface area contributed by atoms with E-state index < -0.39 is 0 Å². The minimum atomic E-state index is 0.562. The quantitative estimate of drug-likeness (QED) is 0.711. The van der Waals surface area contributed by atoms with Gasteiger partial charge < -0.3 is 9.26 Å². The van der Waals surface area contributed by atoms with Crippen molar-refractivity contribution in [3.63, 3.8) is 0 Å². The Morgan fingerprint density at radius 3 is 2.43 bits per heavy atom. The van der Waals surface area contributed by atoms with Crippen molar-refractivity contribution in [1.29, 1.82) is 0 Å². The summed E-state index contributed by atoms with van der Waals surface area (Å²) >= 11 is 4.17. The number of hydrogen-bond donors (Lipinski definition) is 1. The summed E-state index contributed by atoms with van der Waals surface area (Å²) in [6.07, 6.45) is 0. The van der Waals surface area contributed by atoms with E-state index in [0.717, 1.165) is 28.3 Å². The lowest BCUT2D eigenvalue weighted by Crippen LogP contribution is -1.94. The maximum atomic E-state index is 5.75. The Balaban J connectivity index is 1.66. The van der Waals surface area contributed by atoms with Crippen molar-refractivity contribution in [2.75, 3.05) is 0 Å². The highest BCUT2D eigenvalue weighted by atomic mass is 32.1. The van der Waals surface area contributed by atoms with Crippen molar-refractivity contribution in [2.45, 2.75) is 12.4 Å². The molecule has 4 heteroatoms. The van der Waals surface area contributed by atoms with Gasteiger partial charge in [-0.15, -0.1) is 0 Å². The lowest BCUT2D eigenvalue weighted by atomic mass is 10.1. The molecule has 21 heavy (non-hydrogen) atoms. The van der Waals surface area contributed by atoms with E-state index in [0.29, 0.717) is 12.4 Å². The molecule has 1 heterocycles. The largest absolute Gasteiger partial charge is 0.489 e. The van der Waals surface area contributed by atoms with Crippen LogP contribution in [-0.2, 0) is 12.4 Å². The van der Waals surface area contributed by atoms with Crippen LogP contribution in [0.3, 0.4) is 0 Å². The molecule has 0 radical (unpaired) electrons. The summed E-state index contributed by atoms with van der Waals surface area (Å²) < 4.78 is 11.0. The number of nitrogens with zero attached hydrogens (tertiary/aromatic N) is 1. The zero-order chi connectivity index (χ0) is 14.5. The summed E-state index contributed by atoms with van der Waals surface area (Å²) in [5.41, 5.74) is 2.95. The fraction of sp³-hybridized carbons (Fsp3) is 0.118. The Morgan fingerprint density at radius 1 is 1.00 bits per heavy atom. The first-order valence-electron chi connectivity index (χ1n) is 6.69. The van der Waals surface area contributed by atoms with Gasteiger partial charge in [0, 0.05) is 17.4 Å². The molecule has 0 aliphatic carbocycles. The Labute approximate surface area is 129 Å². The first-order valence-corrected chi connectivity index (χ1v) is 7.32. The van der Waals surface area contributed by atoms with Crippen LogP contribution in [0.5, 0.6) is 5.75 Å². The van der Waals surface area contributed by atoms with Crippen LogP contribution in [0.2, 0.25) is 0 Å². The number of ether oxygens (including phenoxy) is 1. The Bertz CT molecular complexity index is 692.